The molecule has 0 aliphatic carbocycles. The van der Waals surface area contributed by atoms with Gasteiger partial charge in [-0.15, -0.1) is 0 Å². The van der Waals surface area contributed by atoms with E-state index in [1.807, 2.05) is 6.92 Å². The minimum absolute atomic E-state index is 0.00790. The molecule has 3 aromatic rings. The zero-order valence-electron chi connectivity index (χ0n) is 17.9. The van der Waals surface area contributed by atoms with Gasteiger partial charge in [0.25, 0.3) is 5.56 Å². The fraction of sp³-hybridized carbons (Fsp3) is 0.417. The lowest BCUT2D eigenvalue weighted by Gasteiger charge is -2.34. The monoisotopic (exact) mass is 425 g/mol. The number of benzene rings is 1. The summed E-state index contributed by atoms with van der Waals surface area (Å²) in [6, 6.07) is 7.66. The number of likely N-dealkylation sites (tertiary alicyclic amines) is 1. The number of nitrogens with zero attached hydrogens (tertiary/aromatic N) is 3. The highest BCUT2D eigenvalue weighted by atomic mass is 19.1. The topological polar surface area (TPSA) is 78.1 Å². The van der Waals surface area contributed by atoms with Crippen molar-refractivity contribution in [2.75, 3.05) is 19.6 Å². The second-order valence-corrected chi connectivity index (χ2v) is 8.50. The van der Waals surface area contributed by atoms with Crippen molar-refractivity contribution in [3.05, 3.63) is 75.1 Å². The Kier molecular flexibility index (Phi) is 6.07. The van der Waals surface area contributed by atoms with Crippen LogP contribution in [0, 0.1) is 25.6 Å². The summed E-state index contributed by atoms with van der Waals surface area (Å²) < 4.78 is 14.6. The summed E-state index contributed by atoms with van der Waals surface area (Å²) in [6.45, 7) is 6.05. The molecule has 7 heteroatoms. The molecule has 0 bridgehead atoms. The van der Waals surface area contributed by atoms with Crippen LogP contribution in [0.2, 0.25) is 0 Å². The number of halogens is 1. The molecule has 0 spiro atoms. The van der Waals surface area contributed by atoms with Crippen molar-refractivity contribution in [1.29, 1.82) is 0 Å². The van der Waals surface area contributed by atoms with Gasteiger partial charge < -0.3 is 15.1 Å². The second kappa shape index (κ2) is 8.77. The fourth-order valence-corrected chi connectivity index (χ4v) is 4.48. The van der Waals surface area contributed by atoms with Crippen LogP contribution < -0.4 is 5.56 Å². The largest absolute Gasteiger partial charge is 0.504 e. The average molecular weight is 426 g/mol. The van der Waals surface area contributed by atoms with Gasteiger partial charge in [-0.25, -0.2) is 9.37 Å². The highest BCUT2D eigenvalue weighted by molar-refractivity contribution is 5.54. The Morgan fingerprint density at radius 3 is 2.55 bits per heavy atom. The molecule has 1 aliphatic rings. The van der Waals surface area contributed by atoms with E-state index in [4.69, 9.17) is 0 Å². The molecule has 164 valence electrons. The first-order chi connectivity index (χ1) is 14.8. The average Bonchev–Trinajstić information content (AvgIpc) is 2.75. The summed E-state index contributed by atoms with van der Waals surface area (Å²) in [5.41, 5.74) is 3.01. The molecule has 3 heterocycles. The van der Waals surface area contributed by atoms with Crippen LogP contribution in [-0.4, -0.2) is 44.1 Å². The molecule has 1 aliphatic heterocycles. The Morgan fingerprint density at radius 2 is 1.87 bits per heavy atom. The smallest absolute Gasteiger partial charge is 0.261 e. The highest BCUT2D eigenvalue weighted by Gasteiger charge is 2.26. The maximum Gasteiger partial charge on any atom is 0.261 e. The predicted molar refractivity (Wildman–Crippen MR) is 117 cm³/mol. The van der Waals surface area contributed by atoms with E-state index < -0.39 is 6.10 Å². The van der Waals surface area contributed by atoms with Crippen molar-refractivity contribution in [3.8, 4) is 5.75 Å². The Balaban J connectivity index is 1.40. The van der Waals surface area contributed by atoms with Gasteiger partial charge in [-0.2, -0.15) is 0 Å². The third-order valence-corrected chi connectivity index (χ3v) is 6.31. The summed E-state index contributed by atoms with van der Waals surface area (Å²) in [5, 5.41) is 20.8. The molecule has 0 amide bonds. The lowest BCUT2D eigenvalue weighted by molar-refractivity contribution is 0.0591. The van der Waals surface area contributed by atoms with Gasteiger partial charge in [0.15, 0.2) is 11.4 Å². The molecule has 1 saturated heterocycles. The van der Waals surface area contributed by atoms with Crippen LogP contribution in [-0.2, 0) is 6.42 Å². The van der Waals surface area contributed by atoms with Crippen LogP contribution >= 0.6 is 0 Å². The van der Waals surface area contributed by atoms with Gasteiger partial charge in [0.1, 0.15) is 5.82 Å². The molecule has 2 N–H and O–H groups in total. The van der Waals surface area contributed by atoms with Gasteiger partial charge in [0, 0.05) is 24.0 Å². The number of aryl methyl sites for hydroxylation is 2. The van der Waals surface area contributed by atoms with Gasteiger partial charge in [-0.05, 0) is 81.4 Å². The second-order valence-electron chi connectivity index (χ2n) is 8.50. The number of piperidine rings is 1. The zero-order chi connectivity index (χ0) is 22.1. The van der Waals surface area contributed by atoms with E-state index in [1.54, 1.807) is 31.3 Å². The molecule has 0 saturated carbocycles. The number of fused-ring (bicyclic) bond motifs is 1. The Labute approximate surface area is 180 Å². The van der Waals surface area contributed by atoms with Crippen LogP contribution in [0.25, 0.3) is 5.65 Å². The van der Waals surface area contributed by atoms with E-state index in [2.05, 4.69) is 9.88 Å². The summed E-state index contributed by atoms with van der Waals surface area (Å²) in [7, 11) is 0. The first-order valence-corrected chi connectivity index (χ1v) is 10.7. The zero-order valence-corrected chi connectivity index (χ0v) is 17.9. The normalized spacial score (nSPS) is 16.6. The maximum absolute atomic E-state index is 13.1. The van der Waals surface area contributed by atoms with Crippen LogP contribution in [0.3, 0.4) is 0 Å². The van der Waals surface area contributed by atoms with Gasteiger partial charge in [-0.1, -0.05) is 12.1 Å². The quantitative estimate of drug-likeness (QED) is 0.657. The number of aliphatic hydroxyl groups excluding tert-OH is 1. The van der Waals surface area contributed by atoms with Crippen molar-refractivity contribution in [1.82, 2.24) is 14.3 Å². The first kappa shape index (κ1) is 21.5. The van der Waals surface area contributed by atoms with Crippen molar-refractivity contribution in [3.63, 3.8) is 0 Å². The summed E-state index contributed by atoms with van der Waals surface area (Å²) in [4.78, 5) is 19.7. The number of hydrogen-bond acceptors (Lipinski definition) is 5. The summed E-state index contributed by atoms with van der Waals surface area (Å²) >= 11 is 0. The standard InChI is InChI=1S/C24H28FN3O3/c1-15-13-21(29)23-26-16(2)20(24(31)28(23)14-15)9-12-27-10-7-18(8-11-27)22(30)17-3-5-19(25)6-4-17/h3-6,13-14,18,22,29-30H,7-12H2,1-2H3/t22-/m0/s1. The van der Waals surface area contributed by atoms with Gasteiger partial charge in [-0.3, -0.25) is 9.20 Å². The SMILES string of the molecule is Cc1cc(O)c2nc(C)c(CCN3CCC([C@@H](O)c4ccc(F)cc4)CC3)c(=O)n2c1. The lowest BCUT2D eigenvalue weighted by atomic mass is 9.87. The third-order valence-electron chi connectivity index (χ3n) is 6.31. The maximum atomic E-state index is 13.1. The molecular weight excluding hydrogens is 397 g/mol. The molecule has 0 unspecified atom stereocenters. The lowest BCUT2D eigenvalue weighted by Crippen LogP contribution is -2.37. The molecule has 31 heavy (non-hydrogen) atoms. The van der Waals surface area contributed by atoms with Crippen molar-refractivity contribution in [2.24, 2.45) is 5.92 Å². The molecule has 1 fully saturated rings. The summed E-state index contributed by atoms with van der Waals surface area (Å²) in [5.74, 6) is -0.151. The Morgan fingerprint density at radius 1 is 1.19 bits per heavy atom. The van der Waals surface area contributed by atoms with Gasteiger partial charge in [0.2, 0.25) is 0 Å². The first-order valence-electron chi connectivity index (χ1n) is 10.7. The van der Waals surface area contributed by atoms with Crippen LogP contribution in [0.5, 0.6) is 5.75 Å². The number of aromatic hydroxyl groups is 1. The Bertz CT molecular complexity index is 1140. The molecule has 1 atom stereocenters. The minimum Gasteiger partial charge on any atom is -0.504 e. The number of pyridine rings is 1. The van der Waals surface area contributed by atoms with E-state index in [0.29, 0.717) is 17.7 Å². The minimum atomic E-state index is -0.588. The van der Waals surface area contributed by atoms with Crippen molar-refractivity contribution in [2.45, 2.75) is 39.2 Å². The molecule has 1 aromatic carbocycles. The number of aromatic nitrogens is 2. The molecular formula is C24H28FN3O3. The molecule has 4 rings (SSSR count). The number of aliphatic hydroxyl groups is 1. The highest BCUT2D eigenvalue weighted by Crippen LogP contribution is 2.30. The van der Waals surface area contributed by atoms with E-state index in [-0.39, 0.29) is 28.7 Å². The number of hydrogen-bond donors (Lipinski definition) is 2. The molecule has 6 nitrogen and oxygen atoms in total. The molecule has 2 aromatic heterocycles. The van der Waals surface area contributed by atoms with Crippen LogP contribution in [0.15, 0.2) is 41.3 Å². The number of rotatable bonds is 5. The van der Waals surface area contributed by atoms with Gasteiger partial charge >= 0.3 is 0 Å². The fourth-order valence-electron chi connectivity index (χ4n) is 4.48. The van der Waals surface area contributed by atoms with E-state index in [9.17, 15) is 19.4 Å². The third kappa shape index (κ3) is 4.48. The molecule has 0 radical (unpaired) electrons. The summed E-state index contributed by atoms with van der Waals surface area (Å²) in [6.07, 6.45) is 3.39. The van der Waals surface area contributed by atoms with Crippen LogP contribution in [0.1, 0.15) is 41.3 Å². The Hall–Kier alpha value is -2.77. The van der Waals surface area contributed by atoms with Gasteiger partial charge in [0.05, 0.1) is 6.10 Å². The van der Waals surface area contributed by atoms with Crippen LogP contribution in [0.4, 0.5) is 4.39 Å². The predicted octanol–water partition coefficient (Wildman–Crippen LogP) is 3.14. The van der Waals surface area contributed by atoms with E-state index in [0.717, 1.165) is 43.6 Å². The van der Waals surface area contributed by atoms with Crippen molar-refractivity contribution >= 4 is 5.65 Å². The van der Waals surface area contributed by atoms with E-state index in [1.165, 1.54) is 16.5 Å². The van der Waals surface area contributed by atoms with E-state index >= 15 is 0 Å². The van der Waals surface area contributed by atoms with Crippen molar-refractivity contribution < 1.29 is 14.6 Å².